The van der Waals surface area contributed by atoms with E-state index in [9.17, 15) is 9.18 Å². The van der Waals surface area contributed by atoms with E-state index in [0.717, 1.165) is 28.3 Å². The molecular weight excluding hydrogens is 479 g/mol. The van der Waals surface area contributed by atoms with Crippen LogP contribution >= 0.6 is 11.3 Å². The van der Waals surface area contributed by atoms with E-state index in [1.54, 1.807) is 6.07 Å². The van der Waals surface area contributed by atoms with E-state index in [1.807, 2.05) is 25.2 Å². The summed E-state index contributed by atoms with van der Waals surface area (Å²) < 4.78 is 21.5. The van der Waals surface area contributed by atoms with Gasteiger partial charge in [-0.1, -0.05) is 23.5 Å². The summed E-state index contributed by atoms with van der Waals surface area (Å²) in [6.45, 7) is 0. The molecule has 5 aromatic rings. The maximum absolute atomic E-state index is 14.0. The number of aromatic nitrogens is 5. The minimum atomic E-state index is -0.436. The number of pyridine rings is 1. The molecule has 10 heteroatoms. The molecule has 8 nitrogen and oxygen atoms in total. The van der Waals surface area contributed by atoms with Gasteiger partial charge in [-0.05, 0) is 42.8 Å². The number of fused-ring (bicyclic) bond motifs is 1. The van der Waals surface area contributed by atoms with Crippen molar-refractivity contribution in [2.24, 2.45) is 7.05 Å². The SMILES string of the molecule is COc1ccc(F)cc1-c1cnccc1C(=O)Nc1nnc([C@@H]2C[C@H]2c2nc3ccccc3n2C)s1. The number of benzene rings is 2. The van der Waals surface area contributed by atoms with Crippen molar-refractivity contribution in [1.29, 1.82) is 0 Å². The number of hydrogen-bond acceptors (Lipinski definition) is 7. The summed E-state index contributed by atoms with van der Waals surface area (Å²) in [4.78, 5) is 22.1. The van der Waals surface area contributed by atoms with E-state index >= 15 is 0 Å². The molecule has 1 N–H and O–H groups in total. The van der Waals surface area contributed by atoms with Crippen LogP contribution in [0.2, 0.25) is 0 Å². The zero-order chi connectivity index (χ0) is 24.8. The Morgan fingerprint density at radius 3 is 2.83 bits per heavy atom. The maximum Gasteiger partial charge on any atom is 0.258 e. The highest BCUT2D eigenvalue weighted by Crippen LogP contribution is 2.55. The van der Waals surface area contributed by atoms with E-state index in [2.05, 4.69) is 31.1 Å². The van der Waals surface area contributed by atoms with E-state index in [4.69, 9.17) is 9.72 Å². The molecule has 0 radical (unpaired) electrons. The molecule has 1 aliphatic carbocycles. The number of hydrogen-bond donors (Lipinski definition) is 1. The van der Waals surface area contributed by atoms with Crippen LogP contribution in [0.1, 0.15) is 39.4 Å². The maximum atomic E-state index is 14.0. The third-order valence-corrected chi connectivity index (χ3v) is 7.41. The van der Waals surface area contributed by atoms with Crippen LogP contribution in [0.15, 0.2) is 60.9 Å². The molecule has 0 unspecified atom stereocenters. The monoisotopic (exact) mass is 500 g/mol. The molecule has 36 heavy (non-hydrogen) atoms. The predicted octanol–water partition coefficient (Wildman–Crippen LogP) is 5.16. The van der Waals surface area contributed by atoms with Crippen molar-refractivity contribution >= 4 is 33.4 Å². The average molecular weight is 501 g/mol. The van der Waals surface area contributed by atoms with Crippen LogP contribution in [0.3, 0.4) is 0 Å². The molecule has 0 saturated heterocycles. The Morgan fingerprint density at radius 1 is 1.14 bits per heavy atom. The van der Waals surface area contributed by atoms with Crippen molar-refractivity contribution in [1.82, 2.24) is 24.7 Å². The Bertz CT molecular complexity index is 1610. The molecule has 1 amide bonds. The summed E-state index contributed by atoms with van der Waals surface area (Å²) in [5.41, 5.74) is 3.31. The summed E-state index contributed by atoms with van der Waals surface area (Å²) in [7, 11) is 3.53. The van der Waals surface area contributed by atoms with Crippen molar-refractivity contribution in [2.75, 3.05) is 12.4 Å². The van der Waals surface area contributed by atoms with Gasteiger partial charge in [0.2, 0.25) is 5.13 Å². The zero-order valence-corrected chi connectivity index (χ0v) is 20.3. The summed E-state index contributed by atoms with van der Waals surface area (Å²) in [5, 5.41) is 12.6. The van der Waals surface area contributed by atoms with Crippen LogP contribution in [0.4, 0.5) is 9.52 Å². The molecular formula is C26H21FN6O2S. The number of para-hydroxylation sites is 2. The molecule has 2 aromatic carbocycles. The number of carbonyl (C=O) groups is 1. The molecule has 0 bridgehead atoms. The van der Waals surface area contributed by atoms with Crippen molar-refractivity contribution in [3.05, 3.63) is 83.1 Å². The number of amides is 1. The first-order valence-electron chi connectivity index (χ1n) is 11.4. The van der Waals surface area contributed by atoms with Crippen molar-refractivity contribution < 1.29 is 13.9 Å². The highest BCUT2D eigenvalue weighted by Gasteiger charge is 2.45. The number of rotatable bonds is 6. The number of nitrogens with one attached hydrogen (secondary N) is 1. The summed E-state index contributed by atoms with van der Waals surface area (Å²) >= 11 is 1.36. The lowest BCUT2D eigenvalue weighted by atomic mass is 10.0. The van der Waals surface area contributed by atoms with Gasteiger partial charge in [0.15, 0.2) is 0 Å². The average Bonchev–Trinajstić information content (AvgIpc) is 3.43. The van der Waals surface area contributed by atoms with Crippen molar-refractivity contribution in [2.45, 2.75) is 18.3 Å². The van der Waals surface area contributed by atoms with Crippen LogP contribution < -0.4 is 10.1 Å². The third-order valence-electron chi connectivity index (χ3n) is 6.44. The van der Waals surface area contributed by atoms with Gasteiger partial charge in [-0.25, -0.2) is 9.37 Å². The number of anilines is 1. The molecule has 6 rings (SSSR count). The fourth-order valence-electron chi connectivity index (χ4n) is 4.55. The van der Waals surface area contributed by atoms with E-state index in [1.165, 1.54) is 49.0 Å². The first-order chi connectivity index (χ1) is 17.5. The Kier molecular flexibility index (Phi) is 5.45. The zero-order valence-electron chi connectivity index (χ0n) is 19.5. The number of aryl methyl sites for hydroxylation is 1. The smallest absolute Gasteiger partial charge is 0.258 e. The second kappa shape index (κ2) is 8.80. The van der Waals surface area contributed by atoms with Gasteiger partial charge in [-0.2, -0.15) is 0 Å². The number of ether oxygens (including phenoxy) is 1. The standard InChI is InChI=1S/C26H21FN6O2S/c1-33-21-6-4-3-5-20(21)29-23(33)17-12-18(17)25-31-32-26(36-25)30-24(34)15-9-10-28-13-19(15)16-11-14(27)7-8-22(16)35-2/h3-11,13,17-18H,12H2,1-2H3,(H,30,32,34)/t17-,18-/m1/s1. The van der Waals surface area contributed by atoms with Gasteiger partial charge in [0, 0.05) is 42.4 Å². The number of nitrogens with zero attached hydrogens (tertiary/aromatic N) is 5. The lowest BCUT2D eigenvalue weighted by molar-refractivity contribution is 0.102. The molecule has 3 heterocycles. The van der Waals surface area contributed by atoms with E-state index in [-0.39, 0.29) is 17.7 Å². The lowest BCUT2D eigenvalue weighted by Gasteiger charge is -2.12. The molecule has 3 aromatic heterocycles. The normalized spacial score (nSPS) is 16.8. The molecule has 180 valence electrons. The minimum absolute atomic E-state index is 0.219. The van der Waals surface area contributed by atoms with Gasteiger partial charge in [-0.3, -0.25) is 15.1 Å². The van der Waals surface area contributed by atoms with E-state index in [0.29, 0.717) is 27.6 Å². The fourth-order valence-corrected chi connectivity index (χ4v) is 5.46. The van der Waals surface area contributed by atoms with Gasteiger partial charge in [0.1, 0.15) is 22.4 Å². The third kappa shape index (κ3) is 3.89. The van der Waals surface area contributed by atoms with Crippen LogP contribution in [-0.4, -0.2) is 37.7 Å². The van der Waals surface area contributed by atoms with Gasteiger partial charge in [-0.15, -0.1) is 10.2 Å². The first kappa shape index (κ1) is 22.3. The molecule has 1 aliphatic rings. The lowest BCUT2D eigenvalue weighted by Crippen LogP contribution is -2.13. The number of methoxy groups -OCH3 is 1. The number of carbonyl (C=O) groups excluding carboxylic acids is 1. The summed E-state index contributed by atoms with van der Waals surface area (Å²) in [6, 6.07) is 13.8. The molecule has 1 saturated carbocycles. The number of halogens is 1. The van der Waals surface area contributed by atoms with Crippen LogP contribution in [0, 0.1) is 5.82 Å². The number of imidazole rings is 1. The minimum Gasteiger partial charge on any atom is -0.496 e. The fraction of sp³-hybridized carbons (Fsp3) is 0.192. The van der Waals surface area contributed by atoms with Crippen molar-refractivity contribution in [3.63, 3.8) is 0 Å². The van der Waals surface area contributed by atoms with Gasteiger partial charge in [0.25, 0.3) is 5.91 Å². The second-order valence-corrected chi connectivity index (χ2v) is 9.64. The molecule has 0 spiro atoms. The first-order valence-corrected chi connectivity index (χ1v) is 12.2. The highest BCUT2D eigenvalue weighted by atomic mass is 32.1. The van der Waals surface area contributed by atoms with Crippen LogP contribution in [0.5, 0.6) is 5.75 Å². The molecule has 0 aliphatic heterocycles. The van der Waals surface area contributed by atoms with Crippen LogP contribution in [0.25, 0.3) is 22.2 Å². The van der Waals surface area contributed by atoms with E-state index < -0.39 is 5.82 Å². The Hall–Kier alpha value is -4.18. The Labute approximate surface area is 209 Å². The summed E-state index contributed by atoms with van der Waals surface area (Å²) in [5.74, 6) is 1.15. The second-order valence-electron chi connectivity index (χ2n) is 8.63. The van der Waals surface area contributed by atoms with Gasteiger partial charge >= 0.3 is 0 Å². The Morgan fingerprint density at radius 2 is 2.00 bits per heavy atom. The Balaban J connectivity index is 1.22. The topological polar surface area (TPSA) is 94.8 Å². The van der Waals surface area contributed by atoms with Crippen molar-refractivity contribution in [3.8, 4) is 16.9 Å². The van der Waals surface area contributed by atoms with Gasteiger partial charge < -0.3 is 9.30 Å². The van der Waals surface area contributed by atoms with Gasteiger partial charge in [0.05, 0.1) is 23.7 Å². The quantitative estimate of drug-likeness (QED) is 0.346. The van der Waals surface area contributed by atoms with Crippen LogP contribution in [-0.2, 0) is 7.05 Å². The molecule has 1 fully saturated rings. The highest BCUT2D eigenvalue weighted by molar-refractivity contribution is 7.15. The summed E-state index contributed by atoms with van der Waals surface area (Å²) in [6.07, 6.45) is 3.97. The largest absolute Gasteiger partial charge is 0.496 e. The predicted molar refractivity (Wildman–Crippen MR) is 135 cm³/mol. The molecule has 2 atom stereocenters.